The summed E-state index contributed by atoms with van der Waals surface area (Å²) >= 11 is 0. The first-order valence-electron chi connectivity index (χ1n) is 4.81. The van der Waals surface area contributed by atoms with Gasteiger partial charge in [-0.05, 0) is 13.8 Å². The summed E-state index contributed by atoms with van der Waals surface area (Å²) in [5.41, 5.74) is 0. The van der Waals surface area contributed by atoms with Crippen LogP contribution in [0.2, 0.25) is 0 Å². The Balaban J connectivity index is -0.000000201. The van der Waals surface area contributed by atoms with Gasteiger partial charge in [0.05, 0.1) is 25.4 Å². The number of hydrogen-bond donors (Lipinski definition) is 3. The number of aliphatic hydroxyl groups is 2. The number of aliphatic carboxylic acids is 1. The van der Waals surface area contributed by atoms with Gasteiger partial charge in [0.1, 0.15) is 0 Å². The van der Waals surface area contributed by atoms with Crippen LogP contribution in [0.3, 0.4) is 0 Å². The number of carboxylic acid groups (broad SMARTS) is 1. The molecule has 0 bridgehead atoms. The molecule has 0 rings (SSSR count). The Morgan fingerprint density at radius 1 is 1.31 bits per heavy atom. The van der Waals surface area contributed by atoms with Crippen molar-refractivity contribution in [1.82, 2.24) is 0 Å². The van der Waals surface area contributed by atoms with E-state index in [0.29, 0.717) is 6.61 Å². The second-order valence-electron chi connectivity index (χ2n) is 3.10. The fourth-order valence-corrected chi connectivity index (χ4v) is 0.356. The third-order valence-electron chi connectivity index (χ3n) is 0.879. The number of rotatable bonds is 4. The molecule has 0 aliphatic heterocycles. The highest BCUT2D eigenvalue weighted by atomic mass is 16.5. The van der Waals surface area contributed by atoms with Crippen molar-refractivity contribution >= 4 is 5.97 Å². The lowest BCUT2D eigenvalue weighted by Crippen LogP contribution is -2.19. The largest absolute Gasteiger partial charge is 0.481 e. The topological polar surface area (TPSA) is 96.2 Å². The van der Waals surface area contributed by atoms with Crippen LogP contribution in [-0.2, 0) is 14.3 Å². The van der Waals surface area contributed by atoms with Crippen LogP contribution in [0.5, 0.6) is 0 Å². The first-order chi connectivity index (χ1) is 7.31. The van der Waals surface area contributed by atoms with Crippen LogP contribution in [0.25, 0.3) is 0 Å². The molecule has 6 heteroatoms. The SMILES string of the molecule is CC(=O)O.CC(O)COC(C)CO.COC. The number of carbonyl (C=O) groups is 1. The van der Waals surface area contributed by atoms with Gasteiger partial charge in [-0.15, -0.1) is 0 Å². The minimum atomic E-state index is -0.833. The zero-order valence-corrected chi connectivity index (χ0v) is 10.6. The zero-order valence-electron chi connectivity index (χ0n) is 10.6. The Morgan fingerprint density at radius 3 is 1.81 bits per heavy atom. The summed E-state index contributed by atoms with van der Waals surface area (Å²) in [5, 5.41) is 24.5. The van der Waals surface area contributed by atoms with Crippen LogP contribution in [0.1, 0.15) is 20.8 Å². The van der Waals surface area contributed by atoms with E-state index in [9.17, 15) is 0 Å². The smallest absolute Gasteiger partial charge is 0.300 e. The van der Waals surface area contributed by atoms with E-state index in [4.69, 9.17) is 24.9 Å². The summed E-state index contributed by atoms with van der Waals surface area (Å²) in [4.78, 5) is 9.00. The molecule has 0 heterocycles. The van der Waals surface area contributed by atoms with Gasteiger partial charge < -0.3 is 24.8 Å². The normalized spacial score (nSPS) is 12.4. The second-order valence-corrected chi connectivity index (χ2v) is 3.10. The van der Waals surface area contributed by atoms with Crippen LogP contribution in [0.4, 0.5) is 0 Å². The highest BCUT2D eigenvalue weighted by Crippen LogP contribution is 1.90. The standard InChI is InChI=1S/C6H14O3.C2H4O2.C2H6O/c1-5(8)4-9-6(2)3-7;1-2(3)4;1-3-2/h5-8H,3-4H2,1-2H3;1H3,(H,3,4);1-2H3. The van der Waals surface area contributed by atoms with Crippen LogP contribution >= 0.6 is 0 Å². The number of carboxylic acids is 1. The molecule has 3 N–H and O–H groups in total. The Kier molecular flexibility index (Phi) is 21.6. The van der Waals surface area contributed by atoms with Gasteiger partial charge in [0.15, 0.2) is 0 Å². The fourth-order valence-electron chi connectivity index (χ4n) is 0.356. The van der Waals surface area contributed by atoms with Crippen molar-refractivity contribution in [2.75, 3.05) is 27.4 Å². The summed E-state index contributed by atoms with van der Waals surface area (Å²) in [6.45, 7) is 4.78. The van der Waals surface area contributed by atoms with Crippen LogP contribution < -0.4 is 0 Å². The lowest BCUT2D eigenvalue weighted by molar-refractivity contribution is -0.134. The Bertz CT molecular complexity index is 133. The number of aliphatic hydroxyl groups excluding tert-OH is 2. The number of ether oxygens (including phenoxy) is 2. The highest BCUT2D eigenvalue weighted by Gasteiger charge is 2.00. The van der Waals surface area contributed by atoms with Crippen molar-refractivity contribution in [2.45, 2.75) is 33.0 Å². The molecule has 2 unspecified atom stereocenters. The lowest BCUT2D eigenvalue weighted by Gasteiger charge is -2.10. The highest BCUT2D eigenvalue weighted by molar-refractivity contribution is 5.62. The molecule has 0 fully saturated rings. The summed E-state index contributed by atoms with van der Waals surface area (Å²) in [7, 11) is 3.25. The van der Waals surface area contributed by atoms with E-state index in [1.807, 2.05) is 0 Å². The summed E-state index contributed by atoms with van der Waals surface area (Å²) in [6, 6.07) is 0. The first kappa shape index (κ1) is 20.7. The van der Waals surface area contributed by atoms with Gasteiger partial charge in [-0.3, -0.25) is 4.79 Å². The minimum absolute atomic E-state index is 0.00667. The Labute approximate surface area is 96.8 Å². The van der Waals surface area contributed by atoms with Gasteiger partial charge in [-0.2, -0.15) is 0 Å². The van der Waals surface area contributed by atoms with Crippen LogP contribution in [-0.4, -0.2) is 60.9 Å². The van der Waals surface area contributed by atoms with E-state index in [1.54, 1.807) is 28.1 Å². The molecule has 100 valence electrons. The third kappa shape index (κ3) is 50.7. The van der Waals surface area contributed by atoms with Crippen molar-refractivity contribution in [2.24, 2.45) is 0 Å². The molecule has 0 aliphatic carbocycles. The summed E-state index contributed by atoms with van der Waals surface area (Å²) in [5.74, 6) is -0.833. The van der Waals surface area contributed by atoms with Crippen LogP contribution in [0, 0.1) is 0 Å². The van der Waals surface area contributed by atoms with E-state index < -0.39 is 12.1 Å². The van der Waals surface area contributed by atoms with Gasteiger partial charge in [0.25, 0.3) is 5.97 Å². The molecule has 2 atom stereocenters. The molecule has 0 aliphatic rings. The third-order valence-corrected chi connectivity index (χ3v) is 0.879. The molecule has 0 aromatic rings. The molecule has 6 nitrogen and oxygen atoms in total. The monoisotopic (exact) mass is 240 g/mol. The fraction of sp³-hybridized carbons (Fsp3) is 0.900. The van der Waals surface area contributed by atoms with Gasteiger partial charge in [-0.25, -0.2) is 0 Å². The van der Waals surface area contributed by atoms with Crippen LogP contribution in [0.15, 0.2) is 0 Å². The summed E-state index contributed by atoms with van der Waals surface area (Å²) in [6.07, 6.45) is -0.612. The minimum Gasteiger partial charge on any atom is -0.481 e. The van der Waals surface area contributed by atoms with E-state index in [0.717, 1.165) is 6.92 Å². The lowest BCUT2D eigenvalue weighted by atomic mass is 10.4. The van der Waals surface area contributed by atoms with E-state index in [1.165, 1.54) is 0 Å². The van der Waals surface area contributed by atoms with E-state index >= 15 is 0 Å². The van der Waals surface area contributed by atoms with Crippen molar-refractivity contribution < 1.29 is 29.6 Å². The average molecular weight is 240 g/mol. The van der Waals surface area contributed by atoms with Crippen molar-refractivity contribution in [3.8, 4) is 0 Å². The molecular weight excluding hydrogens is 216 g/mol. The maximum Gasteiger partial charge on any atom is 0.300 e. The number of hydrogen-bond acceptors (Lipinski definition) is 5. The van der Waals surface area contributed by atoms with Crippen molar-refractivity contribution in [3.05, 3.63) is 0 Å². The maximum atomic E-state index is 9.00. The zero-order chi connectivity index (χ0) is 13.6. The maximum absolute atomic E-state index is 9.00. The molecule has 0 saturated heterocycles. The summed E-state index contributed by atoms with van der Waals surface area (Å²) < 4.78 is 9.20. The molecule has 0 spiro atoms. The quantitative estimate of drug-likeness (QED) is 0.646. The molecular formula is C10H24O6. The molecule has 0 amide bonds. The molecule has 0 radical (unpaired) electrons. The number of methoxy groups -OCH3 is 1. The molecule has 0 aromatic heterocycles. The van der Waals surface area contributed by atoms with Gasteiger partial charge in [-0.1, -0.05) is 0 Å². The molecule has 0 saturated carbocycles. The predicted molar refractivity (Wildman–Crippen MR) is 60.4 cm³/mol. The average Bonchev–Trinajstić information content (AvgIpc) is 2.14. The van der Waals surface area contributed by atoms with Gasteiger partial charge >= 0.3 is 0 Å². The van der Waals surface area contributed by atoms with E-state index in [-0.39, 0.29) is 12.7 Å². The Hall–Kier alpha value is -0.690. The van der Waals surface area contributed by atoms with E-state index in [2.05, 4.69) is 4.74 Å². The van der Waals surface area contributed by atoms with Gasteiger partial charge in [0.2, 0.25) is 0 Å². The second kappa shape index (κ2) is 16.7. The van der Waals surface area contributed by atoms with Crippen molar-refractivity contribution in [3.63, 3.8) is 0 Å². The first-order valence-corrected chi connectivity index (χ1v) is 4.81. The Morgan fingerprint density at radius 2 is 1.62 bits per heavy atom. The molecule has 0 aromatic carbocycles. The molecule has 16 heavy (non-hydrogen) atoms. The predicted octanol–water partition coefficient (Wildman–Crippen LogP) is 0.118. The van der Waals surface area contributed by atoms with Gasteiger partial charge in [0, 0.05) is 21.1 Å². The van der Waals surface area contributed by atoms with Crippen molar-refractivity contribution in [1.29, 1.82) is 0 Å².